The van der Waals surface area contributed by atoms with Crippen LogP contribution in [0.5, 0.6) is 5.75 Å². The lowest BCUT2D eigenvalue weighted by Crippen LogP contribution is -2.17. The lowest BCUT2D eigenvalue weighted by molar-refractivity contribution is -0.139. The normalized spacial score (nSPS) is 12.5. The summed E-state index contributed by atoms with van der Waals surface area (Å²) in [6.45, 7) is 3.80. The summed E-state index contributed by atoms with van der Waals surface area (Å²) in [6, 6.07) is 7.22. The van der Waals surface area contributed by atoms with Gasteiger partial charge in [0.25, 0.3) is 0 Å². The summed E-state index contributed by atoms with van der Waals surface area (Å²) in [5.41, 5.74) is 0.789. The van der Waals surface area contributed by atoms with Crippen molar-refractivity contribution in [3.05, 3.63) is 29.8 Å². The SMILES string of the molecule is COc1cccc(C(C(=O)O)C(C)C)c1. The van der Waals surface area contributed by atoms with E-state index >= 15 is 0 Å². The molecule has 1 rings (SSSR count). The molecule has 0 aromatic heterocycles. The zero-order valence-corrected chi connectivity index (χ0v) is 9.23. The first-order valence-corrected chi connectivity index (χ1v) is 4.93. The Balaban J connectivity index is 3.05. The highest BCUT2D eigenvalue weighted by Gasteiger charge is 2.23. The molecule has 0 saturated heterocycles. The molecule has 1 N–H and O–H groups in total. The average Bonchev–Trinajstić information content (AvgIpc) is 2.17. The number of rotatable bonds is 4. The Morgan fingerprint density at radius 3 is 2.53 bits per heavy atom. The summed E-state index contributed by atoms with van der Waals surface area (Å²) >= 11 is 0. The molecule has 0 aliphatic heterocycles. The van der Waals surface area contributed by atoms with Crippen LogP contribution in [0.15, 0.2) is 24.3 Å². The van der Waals surface area contributed by atoms with Crippen molar-refractivity contribution in [3.63, 3.8) is 0 Å². The van der Waals surface area contributed by atoms with E-state index < -0.39 is 11.9 Å². The topological polar surface area (TPSA) is 46.5 Å². The van der Waals surface area contributed by atoms with Crippen LogP contribution >= 0.6 is 0 Å². The van der Waals surface area contributed by atoms with Gasteiger partial charge in [-0.3, -0.25) is 4.79 Å². The molecule has 0 amide bonds. The Morgan fingerprint density at radius 2 is 2.07 bits per heavy atom. The van der Waals surface area contributed by atoms with Gasteiger partial charge < -0.3 is 9.84 Å². The van der Waals surface area contributed by atoms with Gasteiger partial charge in [-0.2, -0.15) is 0 Å². The molecular weight excluding hydrogens is 192 g/mol. The zero-order valence-electron chi connectivity index (χ0n) is 9.23. The Morgan fingerprint density at radius 1 is 1.40 bits per heavy atom. The first kappa shape index (κ1) is 11.6. The van der Waals surface area contributed by atoms with Crippen LogP contribution in [0.3, 0.4) is 0 Å². The van der Waals surface area contributed by atoms with Crippen molar-refractivity contribution < 1.29 is 14.6 Å². The second kappa shape index (κ2) is 4.82. The first-order valence-electron chi connectivity index (χ1n) is 4.93. The molecule has 0 bridgehead atoms. The minimum atomic E-state index is -0.793. The third-order valence-corrected chi connectivity index (χ3v) is 2.39. The fraction of sp³-hybridized carbons (Fsp3) is 0.417. The smallest absolute Gasteiger partial charge is 0.311 e. The molecule has 0 aliphatic rings. The van der Waals surface area contributed by atoms with E-state index in [2.05, 4.69) is 0 Å². The predicted molar refractivity (Wildman–Crippen MR) is 58.2 cm³/mol. The van der Waals surface area contributed by atoms with E-state index in [9.17, 15) is 4.79 Å². The quantitative estimate of drug-likeness (QED) is 0.827. The summed E-state index contributed by atoms with van der Waals surface area (Å²) in [6.07, 6.45) is 0. The van der Waals surface area contributed by atoms with Crippen LogP contribution in [0, 0.1) is 5.92 Å². The minimum Gasteiger partial charge on any atom is -0.497 e. The monoisotopic (exact) mass is 208 g/mol. The van der Waals surface area contributed by atoms with Crippen LogP contribution in [0.25, 0.3) is 0 Å². The Labute approximate surface area is 89.7 Å². The van der Waals surface area contributed by atoms with Crippen molar-refractivity contribution in [2.24, 2.45) is 5.92 Å². The number of methoxy groups -OCH3 is 1. The van der Waals surface area contributed by atoms with E-state index in [1.165, 1.54) is 0 Å². The number of carboxylic acid groups (broad SMARTS) is 1. The number of benzene rings is 1. The van der Waals surface area contributed by atoms with Crippen LogP contribution in [0.4, 0.5) is 0 Å². The Kier molecular flexibility index (Phi) is 3.72. The third-order valence-electron chi connectivity index (χ3n) is 2.39. The molecule has 0 radical (unpaired) electrons. The van der Waals surface area contributed by atoms with E-state index in [4.69, 9.17) is 9.84 Å². The van der Waals surface area contributed by atoms with Gasteiger partial charge in [0.1, 0.15) is 5.75 Å². The fourth-order valence-electron chi connectivity index (χ4n) is 1.65. The van der Waals surface area contributed by atoms with E-state index in [1.807, 2.05) is 32.0 Å². The molecule has 0 aliphatic carbocycles. The van der Waals surface area contributed by atoms with Crippen LogP contribution in [-0.4, -0.2) is 18.2 Å². The van der Waals surface area contributed by atoms with Crippen LogP contribution in [0.1, 0.15) is 25.3 Å². The van der Waals surface area contributed by atoms with Crippen LogP contribution in [-0.2, 0) is 4.79 Å². The number of hydrogen-bond acceptors (Lipinski definition) is 2. The predicted octanol–water partition coefficient (Wildman–Crippen LogP) is 2.52. The van der Waals surface area contributed by atoms with Gasteiger partial charge in [-0.15, -0.1) is 0 Å². The summed E-state index contributed by atoms with van der Waals surface area (Å²) < 4.78 is 5.07. The second-order valence-electron chi connectivity index (χ2n) is 3.84. The lowest BCUT2D eigenvalue weighted by atomic mass is 9.88. The molecule has 0 saturated carbocycles. The Hall–Kier alpha value is -1.51. The van der Waals surface area contributed by atoms with Gasteiger partial charge in [-0.25, -0.2) is 0 Å². The van der Waals surface area contributed by atoms with Crippen molar-refractivity contribution in [2.75, 3.05) is 7.11 Å². The number of carbonyl (C=O) groups is 1. The number of ether oxygens (including phenoxy) is 1. The van der Waals surface area contributed by atoms with Crippen LogP contribution < -0.4 is 4.74 Å². The molecule has 0 spiro atoms. The van der Waals surface area contributed by atoms with Crippen LogP contribution in [0.2, 0.25) is 0 Å². The highest BCUT2D eigenvalue weighted by molar-refractivity contribution is 5.76. The highest BCUT2D eigenvalue weighted by atomic mass is 16.5. The molecule has 3 heteroatoms. The number of carboxylic acids is 1. The highest BCUT2D eigenvalue weighted by Crippen LogP contribution is 2.27. The maximum atomic E-state index is 11.1. The van der Waals surface area contributed by atoms with Crippen molar-refractivity contribution in [2.45, 2.75) is 19.8 Å². The molecule has 1 aromatic rings. The Bertz CT molecular complexity index is 344. The summed E-state index contributed by atoms with van der Waals surface area (Å²) in [5, 5.41) is 9.12. The van der Waals surface area contributed by atoms with Gasteiger partial charge in [0.15, 0.2) is 0 Å². The van der Waals surface area contributed by atoms with E-state index in [-0.39, 0.29) is 5.92 Å². The van der Waals surface area contributed by atoms with Gasteiger partial charge in [-0.1, -0.05) is 26.0 Å². The lowest BCUT2D eigenvalue weighted by Gasteiger charge is -2.17. The molecule has 0 heterocycles. The summed E-state index contributed by atoms with van der Waals surface area (Å²) in [7, 11) is 1.57. The van der Waals surface area contributed by atoms with Gasteiger partial charge in [0.2, 0.25) is 0 Å². The van der Waals surface area contributed by atoms with E-state index in [1.54, 1.807) is 13.2 Å². The maximum Gasteiger partial charge on any atom is 0.311 e. The minimum absolute atomic E-state index is 0.0645. The van der Waals surface area contributed by atoms with Gasteiger partial charge in [0, 0.05) is 0 Å². The van der Waals surface area contributed by atoms with Gasteiger partial charge in [0.05, 0.1) is 13.0 Å². The van der Waals surface area contributed by atoms with Gasteiger partial charge >= 0.3 is 5.97 Å². The summed E-state index contributed by atoms with van der Waals surface area (Å²) in [5.74, 6) is -0.507. The third kappa shape index (κ3) is 2.72. The first-order chi connectivity index (χ1) is 7.06. The van der Waals surface area contributed by atoms with Crippen molar-refractivity contribution in [3.8, 4) is 5.75 Å². The molecule has 3 nitrogen and oxygen atoms in total. The fourth-order valence-corrected chi connectivity index (χ4v) is 1.65. The summed E-state index contributed by atoms with van der Waals surface area (Å²) in [4.78, 5) is 11.1. The zero-order chi connectivity index (χ0) is 11.4. The molecule has 82 valence electrons. The number of hydrogen-bond donors (Lipinski definition) is 1. The number of aliphatic carboxylic acids is 1. The molecular formula is C12H16O3. The molecule has 0 fully saturated rings. The molecule has 15 heavy (non-hydrogen) atoms. The maximum absolute atomic E-state index is 11.1. The second-order valence-corrected chi connectivity index (χ2v) is 3.84. The van der Waals surface area contributed by atoms with E-state index in [0.29, 0.717) is 5.75 Å². The van der Waals surface area contributed by atoms with Crippen molar-refractivity contribution in [1.82, 2.24) is 0 Å². The van der Waals surface area contributed by atoms with Crippen molar-refractivity contribution in [1.29, 1.82) is 0 Å². The molecule has 1 unspecified atom stereocenters. The molecule has 1 aromatic carbocycles. The standard InChI is InChI=1S/C12H16O3/c1-8(2)11(12(13)14)9-5-4-6-10(7-9)15-3/h4-8,11H,1-3H3,(H,13,14). The van der Waals surface area contributed by atoms with E-state index in [0.717, 1.165) is 5.56 Å². The molecule has 1 atom stereocenters. The van der Waals surface area contributed by atoms with Crippen molar-refractivity contribution >= 4 is 5.97 Å². The average molecular weight is 208 g/mol. The largest absolute Gasteiger partial charge is 0.497 e. The van der Waals surface area contributed by atoms with Gasteiger partial charge in [-0.05, 0) is 23.6 Å².